The lowest BCUT2D eigenvalue weighted by atomic mass is 10.1. The highest BCUT2D eigenvalue weighted by Gasteiger charge is 2.27. The summed E-state index contributed by atoms with van der Waals surface area (Å²) in [5, 5.41) is 0. The maximum atomic E-state index is 13.7. The van der Waals surface area contributed by atoms with Gasteiger partial charge in [0.2, 0.25) is 5.95 Å². The quantitative estimate of drug-likeness (QED) is 0.532. The molecule has 0 bridgehead atoms. The van der Waals surface area contributed by atoms with Crippen LogP contribution in [0.1, 0.15) is 47.0 Å². The van der Waals surface area contributed by atoms with Crippen molar-refractivity contribution < 1.29 is 9.53 Å². The van der Waals surface area contributed by atoms with Gasteiger partial charge in [0.25, 0.3) is 5.56 Å². The largest absolute Gasteiger partial charge is 0.444 e. The number of piperazine rings is 1. The summed E-state index contributed by atoms with van der Waals surface area (Å²) >= 11 is 0. The summed E-state index contributed by atoms with van der Waals surface area (Å²) < 4.78 is 10.1. The Balaban J connectivity index is 1.50. The standard InChI is InChI=1S/C27H42N8O4/c1-6-7-13-34-21-22(29-24(34)33-12-8-10-20(28)19-33)30(5)25(37)35(23(21)36)14-9-11-31-15-17-32(18-16-31)26(38)39-27(2,3)4/h20H,8-19,28H2,1-5H3/t20-/m0/s1. The summed E-state index contributed by atoms with van der Waals surface area (Å²) in [7, 11) is 1.66. The summed E-state index contributed by atoms with van der Waals surface area (Å²) in [5.74, 6) is 6.60. The molecule has 39 heavy (non-hydrogen) atoms. The third-order valence-electron chi connectivity index (χ3n) is 7.25. The van der Waals surface area contributed by atoms with Crippen molar-refractivity contribution in [1.82, 2.24) is 28.5 Å². The Morgan fingerprint density at radius 3 is 2.46 bits per heavy atom. The van der Waals surface area contributed by atoms with Crippen LogP contribution in [0.3, 0.4) is 0 Å². The van der Waals surface area contributed by atoms with Crippen LogP contribution in [0.25, 0.3) is 11.2 Å². The SMILES string of the molecule is CC#CCn1c(N2CCC[C@H](N)C2)nc2c1c(=O)n(CCCN1CCN(C(=O)OC(C)(C)C)CC1)c(=O)n2C. The zero-order valence-corrected chi connectivity index (χ0v) is 23.9. The fourth-order valence-electron chi connectivity index (χ4n) is 5.23. The van der Waals surface area contributed by atoms with Gasteiger partial charge in [-0.05, 0) is 53.5 Å². The summed E-state index contributed by atoms with van der Waals surface area (Å²) in [6.07, 6.45) is 2.23. The van der Waals surface area contributed by atoms with E-state index in [-0.39, 0.29) is 23.4 Å². The Morgan fingerprint density at radius 2 is 1.82 bits per heavy atom. The topological polar surface area (TPSA) is 124 Å². The first-order chi connectivity index (χ1) is 18.5. The molecule has 1 amide bonds. The van der Waals surface area contributed by atoms with Crippen molar-refractivity contribution in [2.45, 2.75) is 71.7 Å². The van der Waals surface area contributed by atoms with Crippen molar-refractivity contribution in [3.8, 4) is 11.8 Å². The summed E-state index contributed by atoms with van der Waals surface area (Å²) in [5.41, 5.74) is 5.73. The zero-order chi connectivity index (χ0) is 28.3. The fraction of sp³-hybridized carbons (Fsp3) is 0.704. The molecule has 1 atom stereocenters. The third-order valence-corrected chi connectivity index (χ3v) is 7.25. The van der Waals surface area contributed by atoms with Crippen LogP contribution in [-0.4, -0.2) is 92.0 Å². The minimum absolute atomic E-state index is 0.0377. The molecule has 2 aliphatic heterocycles. The Bertz CT molecular complexity index is 1370. The number of hydrogen-bond acceptors (Lipinski definition) is 8. The average Bonchev–Trinajstić information content (AvgIpc) is 3.27. The molecule has 2 N–H and O–H groups in total. The zero-order valence-electron chi connectivity index (χ0n) is 23.9. The number of carbonyl (C=O) groups is 1. The second kappa shape index (κ2) is 11.8. The molecule has 4 rings (SSSR count). The number of aromatic nitrogens is 4. The van der Waals surface area contributed by atoms with Gasteiger partial charge in [-0.2, -0.15) is 4.98 Å². The normalized spacial score (nSPS) is 18.8. The van der Waals surface area contributed by atoms with Gasteiger partial charge in [-0.1, -0.05) is 5.92 Å². The molecular weight excluding hydrogens is 500 g/mol. The molecule has 12 nitrogen and oxygen atoms in total. The van der Waals surface area contributed by atoms with E-state index in [2.05, 4.69) is 21.6 Å². The van der Waals surface area contributed by atoms with E-state index in [1.54, 1.807) is 18.9 Å². The van der Waals surface area contributed by atoms with Crippen LogP contribution < -0.4 is 21.9 Å². The first-order valence-electron chi connectivity index (χ1n) is 13.8. The van der Waals surface area contributed by atoms with Crippen molar-refractivity contribution in [2.24, 2.45) is 12.8 Å². The van der Waals surface area contributed by atoms with E-state index in [1.165, 1.54) is 9.13 Å². The molecule has 2 aromatic rings. The van der Waals surface area contributed by atoms with Crippen LogP contribution in [-0.2, 0) is 24.9 Å². The Kier molecular flexibility index (Phi) is 8.71. The molecular formula is C27H42N8O4. The van der Waals surface area contributed by atoms with Gasteiger partial charge >= 0.3 is 11.8 Å². The highest BCUT2D eigenvalue weighted by Crippen LogP contribution is 2.23. The molecule has 0 aliphatic carbocycles. The van der Waals surface area contributed by atoms with E-state index >= 15 is 0 Å². The Hall–Kier alpha value is -3.30. The van der Waals surface area contributed by atoms with Crippen LogP contribution in [0.2, 0.25) is 0 Å². The molecule has 2 fully saturated rings. The van der Waals surface area contributed by atoms with Crippen LogP contribution in [0, 0.1) is 11.8 Å². The lowest BCUT2D eigenvalue weighted by molar-refractivity contribution is 0.0143. The van der Waals surface area contributed by atoms with Crippen molar-refractivity contribution in [3.05, 3.63) is 20.8 Å². The van der Waals surface area contributed by atoms with Crippen LogP contribution >= 0.6 is 0 Å². The number of carbonyl (C=O) groups excluding carboxylic acids is 1. The molecule has 214 valence electrons. The number of fused-ring (bicyclic) bond motifs is 1. The van der Waals surface area contributed by atoms with E-state index in [1.807, 2.05) is 25.3 Å². The minimum atomic E-state index is -0.519. The average molecular weight is 543 g/mol. The van der Waals surface area contributed by atoms with Gasteiger partial charge in [0.15, 0.2) is 11.2 Å². The molecule has 0 radical (unpaired) electrons. The van der Waals surface area contributed by atoms with Gasteiger partial charge in [0, 0.05) is 58.9 Å². The smallest absolute Gasteiger partial charge is 0.410 e. The summed E-state index contributed by atoms with van der Waals surface area (Å²) in [4.78, 5) is 50.1. The fourth-order valence-corrected chi connectivity index (χ4v) is 5.23. The molecule has 2 aromatic heterocycles. The Morgan fingerprint density at radius 1 is 1.10 bits per heavy atom. The first kappa shape index (κ1) is 28.7. The number of nitrogens with zero attached hydrogens (tertiary/aromatic N) is 7. The van der Waals surface area contributed by atoms with Crippen LogP contribution in [0.5, 0.6) is 0 Å². The molecule has 12 heteroatoms. The molecule has 0 spiro atoms. The monoisotopic (exact) mass is 542 g/mol. The van der Waals surface area contributed by atoms with Crippen molar-refractivity contribution in [2.75, 3.05) is 50.7 Å². The number of imidazole rings is 1. The van der Waals surface area contributed by atoms with Gasteiger partial charge in [-0.15, -0.1) is 5.92 Å². The van der Waals surface area contributed by atoms with E-state index in [4.69, 9.17) is 15.5 Å². The number of piperidine rings is 1. The molecule has 0 saturated carbocycles. The number of hydrogen-bond donors (Lipinski definition) is 1. The van der Waals surface area contributed by atoms with Crippen LogP contribution in [0.15, 0.2) is 9.59 Å². The first-order valence-corrected chi connectivity index (χ1v) is 13.8. The van der Waals surface area contributed by atoms with Gasteiger partial charge in [0.05, 0.1) is 6.54 Å². The molecule has 0 unspecified atom stereocenters. The summed E-state index contributed by atoms with van der Waals surface area (Å²) in [6, 6.07) is 0.0377. The van der Waals surface area contributed by atoms with Gasteiger partial charge in [0.1, 0.15) is 5.60 Å². The van der Waals surface area contributed by atoms with E-state index in [0.29, 0.717) is 62.8 Å². The van der Waals surface area contributed by atoms with Gasteiger partial charge < -0.3 is 20.3 Å². The maximum absolute atomic E-state index is 13.7. The van der Waals surface area contributed by atoms with E-state index < -0.39 is 5.60 Å². The predicted molar refractivity (Wildman–Crippen MR) is 151 cm³/mol. The third kappa shape index (κ3) is 6.47. The van der Waals surface area contributed by atoms with E-state index in [9.17, 15) is 14.4 Å². The number of ether oxygens (including phenoxy) is 1. The van der Waals surface area contributed by atoms with Crippen molar-refractivity contribution in [1.29, 1.82) is 0 Å². The van der Waals surface area contributed by atoms with Gasteiger partial charge in [-0.3, -0.25) is 23.4 Å². The Labute approximate surface area is 229 Å². The predicted octanol–water partition coefficient (Wildman–Crippen LogP) is 0.790. The number of rotatable bonds is 6. The highest BCUT2D eigenvalue weighted by molar-refractivity contribution is 5.75. The molecule has 2 aliphatic rings. The summed E-state index contributed by atoms with van der Waals surface area (Å²) in [6.45, 7) is 12.7. The molecule has 4 heterocycles. The van der Waals surface area contributed by atoms with Crippen molar-refractivity contribution in [3.63, 3.8) is 0 Å². The molecule has 0 aromatic carbocycles. The second-order valence-electron chi connectivity index (χ2n) is 11.4. The highest BCUT2D eigenvalue weighted by atomic mass is 16.6. The van der Waals surface area contributed by atoms with E-state index in [0.717, 1.165) is 32.5 Å². The minimum Gasteiger partial charge on any atom is -0.444 e. The van der Waals surface area contributed by atoms with Crippen molar-refractivity contribution >= 4 is 23.2 Å². The second-order valence-corrected chi connectivity index (χ2v) is 11.4. The number of nitrogens with two attached hydrogens (primary N) is 1. The lowest BCUT2D eigenvalue weighted by Crippen LogP contribution is -2.50. The molecule has 2 saturated heterocycles. The number of amides is 1. The van der Waals surface area contributed by atoms with Crippen LogP contribution in [0.4, 0.5) is 10.7 Å². The number of aryl methyl sites for hydroxylation is 1. The maximum Gasteiger partial charge on any atom is 0.410 e. The van der Waals surface area contributed by atoms with Gasteiger partial charge in [-0.25, -0.2) is 9.59 Å². The number of anilines is 1. The lowest BCUT2D eigenvalue weighted by Gasteiger charge is -2.35.